The van der Waals surface area contributed by atoms with Gasteiger partial charge in [-0.05, 0) is 43.2 Å². The summed E-state index contributed by atoms with van der Waals surface area (Å²) in [6.45, 7) is 0.224. The molecule has 104 valence electrons. The largest absolute Gasteiger partial charge is 0.391 e. The van der Waals surface area contributed by atoms with Crippen LogP contribution in [0, 0.1) is 11.7 Å². The van der Waals surface area contributed by atoms with Crippen LogP contribution in [0.3, 0.4) is 0 Å². The summed E-state index contributed by atoms with van der Waals surface area (Å²) in [5.41, 5.74) is 0.397. The zero-order valence-electron chi connectivity index (χ0n) is 10.6. The van der Waals surface area contributed by atoms with Crippen LogP contribution in [0.25, 0.3) is 0 Å². The third-order valence-corrected chi connectivity index (χ3v) is 3.82. The molecule has 0 saturated heterocycles. The van der Waals surface area contributed by atoms with Gasteiger partial charge in [0.05, 0.1) is 6.10 Å². The summed E-state index contributed by atoms with van der Waals surface area (Å²) >= 11 is 1.31. The summed E-state index contributed by atoms with van der Waals surface area (Å²) in [6, 6.07) is 4.11. The molecule has 1 aliphatic rings. The number of rotatable bonds is 5. The molecule has 1 saturated carbocycles. The maximum absolute atomic E-state index is 13.5. The van der Waals surface area contributed by atoms with Crippen LogP contribution in [0.2, 0.25) is 0 Å². The summed E-state index contributed by atoms with van der Waals surface area (Å²) < 4.78 is 13.5. The molecule has 1 aromatic carbocycles. The Labute approximate surface area is 115 Å². The quantitative estimate of drug-likeness (QED) is 0.728. The molecule has 6 heteroatoms. The van der Waals surface area contributed by atoms with Crippen molar-refractivity contribution in [3.63, 3.8) is 0 Å². The number of aliphatic hydroxyl groups is 1. The van der Waals surface area contributed by atoms with Crippen LogP contribution >= 0.6 is 11.8 Å². The lowest BCUT2D eigenvalue weighted by atomic mass is 10.2. The molecule has 1 aliphatic carbocycles. The lowest BCUT2D eigenvalue weighted by Gasteiger charge is -2.12. The Morgan fingerprint density at radius 1 is 1.58 bits per heavy atom. The Bertz CT molecular complexity index is 466. The smallest absolute Gasteiger partial charge is 0.319 e. The molecule has 0 unspecified atom stereocenters. The van der Waals surface area contributed by atoms with Crippen LogP contribution in [-0.2, 0) is 0 Å². The average Bonchev–Trinajstić information content (AvgIpc) is 3.20. The molecule has 0 heterocycles. The number of carbonyl (C=O) groups excluding carboxylic acids is 1. The van der Waals surface area contributed by atoms with Crippen molar-refractivity contribution in [2.24, 2.45) is 5.92 Å². The number of hydrogen-bond donors (Lipinski definition) is 3. The van der Waals surface area contributed by atoms with E-state index in [1.165, 1.54) is 17.8 Å². The number of benzene rings is 1. The molecule has 2 amide bonds. The van der Waals surface area contributed by atoms with Gasteiger partial charge in [0, 0.05) is 17.1 Å². The molecule has 2 rings (SSSR count). The van der Waals surface area contributed by atoms with Gasteiger partial charge in [0.1, 0.15) is 5.82 Å². The Balaban J connectivity index is 1.82. The van der Waals surface area contributed by atoms with E-state index in [4.69, 9.17) is 0 Å². The van der Waals surface area contributed by atoms with Gasteiger partial charge in [-0.15, -0.1) is 11.8 Å². The van der Waals surface area contributed by atoms with Gasteiger partial charge < -0.3 is 15.7 Å². The highest BCUT2D eigenvalue weighted by molar-refractivity contribution is 7.98. The van der Waals surface area contributed by atoms with Crippen molar-refractivity contribution in [2.75, 3.05) is 18.1 Å². The van der Waals surface area contributed by atoms with Crippen LogP contribution in [0.5, 0.6) is 0 Å². The minimum atomic E-state index is -0.485. The van der Waals surface area contributed by atoms with Crippen LogP contribution in [0.15, 0.2) is 23.1 Å². The highest BCUT2D eigenvalue weighted by Gasteiger charge is 2.29. The Kier molecular flexibility index (Phi) is 4.66. The van der Waals surface area contributed by atoms with Crippen molar-refractivity contribution in [2.45, 2.75) is 23.8 Å². The number of carbonyl (C=O) groups is 1. The van der Waals surface area contributed by atoms with Gasteiger partial charge in [0.25, 0.3) is 0 Å². The van der Waals surface area contributed by atoms with E-state index in [0.717, 1.165) is 12.8 Å². The number of amides is 2. The predicted octanol–water partition coefficient (Wildman–Crippen LogP) is 2.44. The highest BCUT2D eigenvalue weighted by Crippen LogP contribution is 2.32. The highest BCUT2D eigenvalue weighted by atomic mass is 32.2. The van der Waals surface area contributed by atoms with E-state index >= 15 is 0 Å². The SMILES string of the molecule is CSc1ccc(NC(=O)NC[C@H](O)C2CC2)cc1F. The molecule has 4 nitrogen and oxygen atoms in total. The number of thioether (sulfide) groups is 1. The molecule has 0 aromatic heterocycles. The van der Waals surface area contributed by atoms with E-state index in [1.807, 2.05) is 0 Å². The first-order valence-electron chi connectivity index (χ1n) is 6.16. The zero-order valence-corrected chi connectivity index (χ0v) is 11.5. The molecule has 1 fully saturated rings. The standard InChI is InChI=1S/C13H17FN2O2S/c1-19-12-5-4-9(6-10(12)14)16-13(18)15-7-11(17)8-2-3-8/h4-6,8,11,17H,2-3,7H2,1H3,(H2,15,16,18)/t11-/m0/s1. The summed E-state index contributed by atoms with van der Waals surface area (Å²) in [6.07, 6.45) is 3.34. The molecule has 19 heavy (non-hydrogen) atoms. The summed E-state index contributed by atoms with van der Waals surface area (Å²) in [5.74, 6) is -0.0399. The van der Waals surface area contributed by atoms with Crippen LogP contribution in [0.4, 0.5) is 14.9 Å². The fourth-order valence-corrected chi connectivity index (χ4v) is 2.22. The molecule has 0 bridgehead atoms. The molecule has 1 aromatic rings. The van der Waals surface area contributed by atoms with Gasteiger partial charge in [-0.3, -0.25) is 0 Å². The summed E-state index contributed by atoms with van der Waals surface area (Å²) in [4.78, 5) is 12.1. The third-order valence-electron chi connectivity index (χ3n) is 3.05. The van der Waals surface area contributed by atoms with Crippen molar-refractivity contribution in [1.29, 1.82) is 0 Å². The maximum atomic E-state index is 13.5. The number of anilines is 1. The fraction of sp³-hybridized carbons (Fsp3) is 0.462. The molecular weight excluding hydrogens is 267 g/mol. The van der Waals surface area contributed by atoms with Crippen molar-refractivity contribution >= 4 is 23.5 Å². The zero-order chi connectivity index (χ0) is 13.8. The monoisotopic (exact) mass is 284 g/mol. The molecule has 3 N–H and O–H groups in total. The van der Waals surface area contributed by atoms with Gasteiger partial charge >= 0.3 is 6.03 Å². The summed E-state index contributed by atoms with van der Waals surface area (Å²) in [7, 11) is 0. The second-order valence-corrected chi connectivity index (χ2v) is 5.44. The number of aliphatic hydroxyl groups excluding tert-OH is 1. The lowest BCUT2D eigenvalue weighted by Crippen LogP contribution is -2.36. The molecule has 0 radical (unpaired) electrons. The first-order chi connectivity index (χ1) is 9.10. The number of hydrogen-bond acceptors (Lipinski definition) is 3. The van der Waals surface area contributed by atoms with E-state index in [1.54, 1.807) is 18.4 Å². The third kappa shape index (κ3) is 4.11. The second kappa shape index (κ2) is 6.25. The first-order valence-corrected chi connectivity index (χ1v) is 7.39. The fourth-order valence-electron chi connectivity index (χ4n) is 1.76. The minimum Gasteiger partial charge on any atom is -0.391 e. The topological polar surface area (TPSA) is 61.4 Å². The molecule has 0 aliphatic heterocycles. The van der Waals surface area contributed by atoms with Crippen molar-refractivity contribution in [3.05, 3.63) is 24.0 Å². The van der Waals surface area contributed by atoms with Crippen LogP contribution in [-0.4, -0.2) is 30.0 Å². The van der Waals surface area contributed by atoms with E-state index in [-0.39, 0.29) is 12.4 Å². The molecule has 1 atom stereocenters. The van der Waals surface area contributed by atoms with E-state index in [0.29, 0.717) is 16.5 Å². The Hall–Kier alpha value is -1.27. The summed E-state index contributed by atoms with van der Waals surface area (Å²) in [5, 5.41) is 14.7. The van der Waals surface area contributed by atoms with Crippen molar-refractivity contribution in [3.8, 4) is 0 Å². The van der Waals surface area contributed by atoms with Gasteiger partial charge in [-0.2, -0.15) is 0 Å². The predicted molar refractivity (Wildman–Crippen MR) is 73.9 cm³/mol. The lowest BCUT2D eigenvalue weighted by molar-refractivity contribution is 0.150. The van der Waals surface area contributed by atoms with Gasteiger partial charge in [-0.1, -0.05) is 0 Å². The second-order valence-electron chi connectivity index (χ2n) is 4.59. The molecular formula is C13H17FN2O2S. The van der Waals surface area contributed by atoms with Gasteiger partial charge in [0.2, 0.25) is 0 Å². The number of urea groups is 1. The number of halogens is 1. The minimum absolute atomic E-state index is 0.224. The van der Waals surface area contributed by atoms with Crippen LogP contribution in [0.1, 0.15) is 12.8 Å². The van der Waals surface area contributed by atoms with Crippen molar-refractivity contribution < 1.29 is 14.3 Å². The maximum Gasteiger partial charge on any atom is 0.319 e. The van der Waals surface area contributed by atoms with E-state index in [2.05, 4.69) is 10.6 Å². The van der Waals surface area contributed by atoms with Crippen molar-refractivity contribution in [1.82, 2.24) is 5.32 Å². The first kappa shape index (κ1) is 14.1. The normalized spacial score (nSPS) is 15.9. The average molecular weight is 284 g/mol. The van der Waals surface area contributed by atoms with Gasteiger partial charge in [-0.25, -0.2) is 9.18 Å². The molecule has 0 spiro atoms. The van der Waals surface area contributed by atoms with Crippen LogP contribution < -0.4 is 10.6 Å². The van der Waals surface area contributed by atoms with Gasteiger partial charge in [0.15, 0.2) is 0 Å². The number of nitrogens with one attached hydrogen (secondary N) is 2. The Morgan fingerprint density at radius 2 is 2.32 bits per heavy atom. The van der Waals surface area contributed by atoms with E-state index in [9.17, 15) is 14.3 Å². The Morgan fingerprint density at radius 3 is 2.89 bits per heavy atom. The van der Waals surface area contributed by atoms with E-state index < -0.39 is 12.1 Å².